The van der Waals surface area contributed by atoms with Crippen molar-refractivity contribution in [3.8, 4) is 0 Å². The largest absolute Gasteiger partial charge is 0.390 e. The van der Waals surface area contributed by atoms with Crippen LogP contribution in [0.3, 0.4) is 0 Å². The number of rotatable bonds is 1. The molecule has 136 valence electrons. The van der Waals surface area contributed by atoms with Gasteiger partial charge in [0.1, 0.15) is 0 Å². The minimum absolute atomic E-state index is 0.00516. The molecule has 1 saturated heterocycles. The van der Waals surface area contributed by atoms with Gasteiger partial charge in [-0.25, -0.2) is 0 Å². The van der Waals surface area contributed by atoms with E-state index in [1.807, 2.05) is 19.9 Å². The maximum absolute atomic E-state index is 11.1. The summed E-state index contributed by atoms with van der Waals surface area (Å²) in [6, 6.07) is 0. The molecular formula is C20H32O4. The first-order valence-electron chi connectivity index (χ1n) is 9.14. The van der Waals surface area contributed by atoms with E-state index in [0.717, 1.165) is 18.4 Å². The van der Waals surface area contributed by atoms with Crippen molar-refractivity contribution in [1.29, 1.82) is 0 Å². The van der Waals surface area contributed by atoms with Crippen molar-refractivity contribution in [2.75, 3.05) is 0 Å². The minimum atomic E-state index is -1.04. The molecule has 1 fully saturated rings. The highest BCUT2D eigenvalue weighted by Gasteiger charge is 2.59. The summed E-state index contributed by atoms with van der Waals surface area (Å²) in [5.74, 6) is -0.310. The number of hydrogen-bond donors (Lipinski definition) is 3. The Kier molecular flexibility index (Phi) is 4.49. The molecule has 0 unspecified atom stereocenters. The Labute approximate surface area is 145 Å². The third kappa shape index (κ3) is 2.98. The Hall–Kier alpha value is -0.680. The Balaban J connectivity index is 2.10. The maximum atomic E-state index is 11.1. The molecule has 0 aromatic heterocycles. The van der Waals surface area contributed by atoms with Crippen LogP contribution in [0.25, 0.3) is 0 Å². The van der Waals surface area contributed by atoms with Gasteiger partial charge in [0.15, 0.2) is 0 Å². The number of aliphatic hydroxyl groups is 3. The van der Waals surface area contributed by atoms with Crippen LogP contribution in [0.15, 0.2) is 23.3 Å². The van der Waals surface area contributed by atoms with Gasteiger partial charge in [0, 0.05) is 17.8 Å². The van der Waals surface area contributed by atoms with E-state index in [9.17, 15) is 15.3 Å². The van der Waals surface area contributed by atoms with Crippen LogP contribution in [0.5, 0.6) is 0 Å². The summed E-state index contributed by atoms with van der Waals surface area (Å²) in [6.07, 6.45) is 5.28. The lowest BCUT2D eigenvalue weighted by molar-refractivity contribution is -0.140. The lowest BCUT2D eigenvalue weighted by Gasteiger charge is -2.46. The van der Waals surface area contributed by atoms with E-state index in [-0.39, 0.29) is 30.0 Å². The first-order chi connectivity index (χ1) is 11.0. The van der Waals surface area contributed by atoms with E-state index in [4.69, 9.17) is 4.74 Å². The summed E-state index contributed by atoms with van der Waals surface area (Å²) in [5, 5.41) is 32.6. The number of aliphatic hydroxyl groups excluding tert-OH is 1. The molecule has 24 heavy (non-hydrogen) atoms. The second kappa shape index (κ2) is 5.94. The molecule has 2 aliphatic heterocycles. The van der Waals surface area contributed by atoms with Gasteiger partial charge < -0.3 is 20.1 Å². The van der Waals surface area contributed by atoms with Crippen LogP contribution in [-0.2, 0) is 4.74 Å². The van der Waals surface area contributed by atoms with E-state index in [1.54, 1.807) is 13.8 Å². The third-order valence-electron chi connectivity index (χ3n) is 6.32. The van der Waals surface area contributed by atoms with E-state index < -0.39 is 17.3 Å². The summed E-state index contributed by atoms with van der Waals surface area (Å²) >= 11 is 0. The molecule has 3 rings (SSSR count). The van der Waals surface area contributed by atoms with Crippen LogP contribution in [0, 0.1) is 17.8 Å². The molecule has 0 saturated carbocycles. The van der Waals surface area contributed by atoms with E-state index in [1.165, 1.54) is 5.57 Å². The van der Waals surface area contributed by atoms with E-state index in [2.05, 4.69) is 13.0 Å². The van der Waals surface area contributed by atoms with Gasteiger partial charge in [0.2, 0.25) is 0 Å². The second-order valence-electron chi connectivity index (χ2n) is 8.93. The zero-order valence-corrected chi connectivity index (χ0v) is 15.5. The van der Waals surface area contributed by atoms with Gasteiger partial charge >= 0.3 is 0 Å². The predicted octanol–water partition coefficient (Wildman–Crippen LogP) is 2.58. The lowest BCUT2D eigenvalue weighted by atomic mass is 9.61. The Morgan fingerprint density at radius 3 is 2.58 bits per heavy atom. The van der Waals surface area contributed by atoms with Crippen LogP contribution in [0.1, 0.15) is 53.9 Å². The van der Waals surface area contributed by atoms with Crippen molar-refractivity contribution in [2.24, 2.45) is 17.8 Å². The number of fused-ring (bicyclic) bond motifs is 5. The monoisotopic (exact) mass is 336 g/mol. The summed E-state index contributed by atoms with van der Waals surface area (Å²) in [5.41, 5.74) is 0.390. The molecule has 4 heteroatoms. The number of allylic oxidation sites excluding steroid dienone is 1. The van der Waals surface area contributed by atoms with Crippen molar-refractivity contribution in [3.05, 3.63) is 23.3 Å². The van der Waals surface area contributed by atoms with Gasteiger partial charge in [-0.05, 0) is 53.9 Å². The van der Waals surface area contributed by atoms with Gasteiger partial charge in [-0.3, -0.25) is 0 Å². The second-order valence-corrected chi connectivity index (χ2v) is 8.93. The molecule has 0 radical (unpaired) electrons. The molecular weight excluding hydrogens is 304 g/mol. The predicted molar refractivity (Wildman–Crippen MR) is 93.4 cm³/mol. The molecule has 2 bridgehead atoms. The highest BCUT2D eigenvalue weighted by molar-refractivity contribution is 5.25. The minimum Gasteiger partial charge on any atom is -0.390 e. The van der Waals surface area contributed by atoms with Crippen molar-refractivity contribution in [3.63, 3.8) is 0 Å². The van der Waals surface area contributed by atoms with Gasteiger partial charge in [-0.2, -0.15) is 0 Å². The fourth-order valence-electron chi connectivity index (χ4n) is 5.30. The number of hydrogen-bond acceptors (Lipinski definition) is 4. The first-order valence-corrected chi connectivity index (χ1v) is 9.14. The topological polar surface area (TPSA) is 69.9 Å². The van der Waals surface area contributed by atoms with Gasteiger partial charge in [-0.15, -0.1) is 0 Å². The molecule has 0 spiro atoms. The summed E-state index contributed by atoms with van der Waals surface area (Å²) < 4.78 is 6.41. The molecule has 4 nitrogen and oxygen atoms in total. The fraction of sp³-hybridized carbons (Fsp3) is 0.800. The smallest absolute Gasteiger partial charge is 0.0903 e. The van der Waals surface area contributed by atoms with E-state index >= 15 is 0 Å². The normalized spacial score (nSPS) is 48.5. The quantitative estimate of drug-likeness (QED) is 0.644. The average molecular weight is 336 g/mol. The van der Waals surface area contributed by atoms with Crippen molar-refractivity contribution in [2.45, 2.75) is 83.4 Å². The Morgan fingerprint density at radius 2 is 1.96 bits per heavy atom. The molecule has 0 amide bonds. The molecule has 1 aliphatic carbocycles. The molecule has 2 heterocycles. The molecule has 7 atom stereocenters. The average Bonchev–Trinajstić information content (AvgIpc) is 2.77. The van der Waals surface area contributed by atoms with Gasteiger partial charge in [0.25, 0.3) is 0 Å². The van der Waals surface area contributed by atoms with Crippen molar-refractivity contribution >= 4 is 0 Å². The van der Waals surface area contributed by atoms with Crippen molar-refractivity contribution in [1.82, 2.24) is 0 Å². The third-order valence-corrected chi connectivity index (χ3v) is 6.32. The lowest BCUT2D eigenvalue weighted by Crippen LogP contribution is -2.55. The molecule has 3 N–H and O–H groups in total. The van der Waals surface area contributed by atoms with Crippen LogP contribution in [0.2, 0.25) is 0 Å². The first kappa shape index (κ1) is 18.1. The summed E-state index contributed by atoms with van der Waals surface area (Å²) in [4.78, 5) is 0. The zero-order chi connectivity index (χ0) is 17.9. The van der Waals surface area contributed by atoms with Crippen LogP contribution < -0.4 is 0 Å². The van der Waals surface area contributed by atoms with Crippen LogP contribution in [-0.4, -0.2) is 44.8 Å². The highest BCUT2D eigenvalue weighted by atomic mass is 16.5. The highest BCUT2D eigenvalue weighted by Crippen LogP contribution is 2.53. The molecule has 0 aromatic carbocycles. The van der Waals surface area contributed by atoms with Crippen molar-refractivity contribution < 1.29 is 20.1 Å². The summed E-state index contributed by atoms with van der Waals surface area (Å²) in [6.45, 7) is 9.51. The standard InChI is InChI=1S/C20H32O4/c1-11-7-6-8-20(5,23)18-16-15(14(9-11)24-18)12(2)10-13(21)17(16)19(3,4)22/h7,10,13-18,21-23H,6,8-9H2,1-5H3/b11-7+/t13-,14+,15-,16+,17+,18+,20-/m1/s1. The Morgan fingerprint density at radius 1 is 1.29 bits per heavy atom. The molecule has 3 aliphatic rings. The van der Waals surface area contributed by atoms with Crippen LogP contribution >= 0.6 is 0 Å². The zero-order valence-electron chi connectivity index (χ0n) is 15.5. The molecule has 0 aromatic rings. The van der Waals surface area contributed by atoms with Crippen LogP contribution in [0.4, 0.5) is 0 Å². The summed E-state index contributed by atoms with van der Waals surface area (Å²) in [7, 11) is 0. The maximum Gasteiger partial charge on any atom is 0.0903 e. The van der Waals surface area contributed by atoms with Gasteiger partial charge in [0.05, 0.1) is 29.5 Å². The Bertz CT molecular complexity index is 554. The fourth-order valence-corrected chi connectivity index (χ4v) is 5.30. The van der Waals surface area contributed by atoms with Gasteiger partial charge in [-0.1, -0.05) is 23.3 Å². The SMILES string of the molecule is CC1=C[C@@H](O)[C@H](C(C)(C)O)[C@@H]2[C@H]1[C@@H]1C/C(C)=C/CC[C@@](C)(O)[C@H]2O1. The van der Waals surface area contributed by atoms with E-state index in [0.29, 0.717) is 6.42 Å². The number of ether oxygens (including phenoxy) is 1.